The van der Waals surface area contributed by atoms with E-state index >= 15 is 0 Å². The molecule has 2 rings (SSSR count). The molecule has 0 amide bonds. The number of benzene rings is 1. The standard InChI is InChI=1S/C10H9FN4O/c11-6-1-3-7(4-2-6)15-10(13)8(5-16)9(12)14-15/h1-5H,13H2,(H2,12,14). The van der Waals surface area contributed by atoms with E-state index in [0.29, 0.717) is 12.0 Å². The van der Waals surface area contributed by atoms with Crippen LogP contribution in [0.4, 0.5) is 16.0 Å². The number of hydrogen-bond acceptors (Lipinski definition) is 4. The molecule has 0 fully saturated rings. The van der Waals surface area contributed by atoms with Crippen LogP contribution in [0.2, 0.25) is 0 Å². The third-order valence-corrected chi connectivity index (χ3v) is 2.18. The third-order valence-electron chi connectivity index (χ3n) is 2.18. The van der Waals surface area contributed by atoms with E-state index in [1.54, 1.807) is 0 Å². The van der Waals surface area contributed by atoms with Gasteiger partial charge in [-0.1, -0.05) is 0 Å². The Labute approximate surface area is 90.5 Å². The second-order valence-corrected chi connectivity index (χ2v) is 3.19. The molecule has 0 aliphatic carbocycles. The SMILES string of the molecule is Nc1nn(-c2ccc(F)cc2)c(N)c1C=O. The molecule has 1 aromatic carbocycles. The molecule has 4 N–H and O–H groups in total. The van der Waals surface area contributed by atoms with Crippen LogP contribution in [0.15, 0.2) is 24.3 Å². The van der Waals surface area contributed by atoms with Gasteiger partial charge in [0.15, 0.2) is 12.1 Å². The van der Waals surface area contributed by atoms with Gasteiger partial charge in [0.25, 0.3) is 0 Å². The number of aldehydes is 1. The lowest BCUT2D eigenvalue weighted by molar-refractivity contribution is 0.112. The number of carbonyl (C=O) groups is 1. The number of rotatable bonds is 2. The van der Waals surface area contributed by atoms with E-state index in [-0.39, 0.29) is 23.0 Å². The number of hydrogen-bond donors (Lipinski definition) is 2. The minimum atomic E-state index is -0.363. The van der Waals surface area contributed by atoms with Crippen LogP contribution in [-0.4, -0.2) is 16.1 Å². The van der Waals surface area contributed by atoms with E-state index in [1.165, 1.54) is 28.9 Å². The Balaban J connectivity index is 2.56. The maximum absolute atomic E-state index is 12.7. The monoisotopic (exact) mass is 220 g/mol. The second kappa shape index (κ2) is 3.65. The van der Waals surface area contributed by atoms with Crippen molar-refractivity contribution < 1.29 is 9.18 Å². The number of nitrogen functional groups attached to an aromatic ring is 2. The van der Waals surface area contributed by atoms with Crippen molar-refractivity contribution >= 4 is 17.9 Å². The van der Waals surface area contributed by atoms with Gasteiger partial charge in [-0.25, -0.2) is 9.07 Å². The van der Waals surface area contributed by atoms with Gasteiger partial charge in [0.05, 0.1) is 5.69 Å². The first-order valence-corrected chi connectivity index (χ1v) is 4.48. The molecule has 0 radical (unpaired) electrons. The molecule has 2 aromatic rings. The fraction of sp³-hybridized carbons (Fsp3) is 0. The number of nitrogens with two attached hydrogens (primary N) is 2. The molecule has 5 nitrogen and oxygen atoms in total. The minimum absolute atomic E-state index is 0.0526. The molecular formula is C10H9FN4O. The van der Waals surface area contributed by atoms with Crippen LogP contribution in [0.3, 0.4) is 0 Å². The van der Waals surface area contributed by atoms with Crippen molar-refractivity contribution in [3.8, 4) is 5.69 Å². The average molecular weight is 220 g/mol. The van der Waals surface area contributed by atoms with E-state index in [1.807, 2.05) is 0 Å². The van der Waals surface area contributed by atoms with Crippen LogP contribution >= 0.6 is 0 Å². The van der Waals surface area contributed by atoms with Gasteiger partial charge in [-0.15, -0.1) is 5.10 Å². The lowest BCUT2D eigenvalue weighted by Gasteiger charge is -2.02. The highest BCUT2D eigenvalue weighted by Gasteiger charge is 2.13. The summed E-state index contributed by atoms with van der Waals surface area (Å²) in [4.78, 5) is 10.7. The number of nitrogens with zero attached hydrogens (tertiary/aromatic N) is 2. The van der Waals surface area contributed by atoms with Crippen molar-refractivity contribution in [3.05, 3.63) is 35.6 Å². The average Bonchev–Trinajstić information content (AvgIpc) is 2.55. The van der Waals surface area contributed by atoms with E-state index < -0.39 is 0 Å². The highest BCUT2D eigenvalue weighted by Crippen LogP contribution is 2.20. The molecule has 0 aliphatic heterocycles. The highest BCUT2D eigenvalue weighted by atomic mass is 19.1. The predicted octanol–water partition coefficient (Wildman–Crippen LogP) is 0.988. The van der Waals surface area contributed by atoms with Gasteiger partial charge >= 0.3 is 0 Å². The zero-order valence-corrected chi connectivity index (χ0v) is 8.22. The van der Waals surface area contributed by atoms with Crippen molar-refractivity contribution in [3.63, 3.8) is 0 Å². The molecular weight excluding hydrogens is 211 g/mol. The Morgan fingerprint density at radius 2 is 1.88 bits per heavy atom. The predicted molar refractivity (Wildman–Crippen MR) is 57.7 cm³/mol. The second-order valence-electron chi connectivity index (χ2n) is 3.19. The summed E-state index contributed by atoms with van der Waals surface area (Å²) in [6.07, 6.45) is 0.539. The fourth-order valence-corrected chi connectivity index (χ4v) is 1.36. The quantitative estimate of drug-likeness (QED) is 0.739. The topological polar surface area (TPSA) is 86.9 Å². The van der Waals surface area contributed by atoms with Gasteiger partial charge < -0.3 is 11.5 Å². The van der Waals surface area contributed by atoms with E-state index in [4.69, 9.17) is 11.5 Å². The van der Waals surface area contributed by atoms with Crippen LogP contribution in [0, 0.1) is 5.82 Å². The zero-order chi connectivity index (χ0) is 11.7. The highest BCUT2D eigenvalue weighted by molar-refractivity contribution is 5.88. The summed E-state index contributed by atoms with van der Waals surface area (Å²) in [6, 6.07) is 5.53. The lowest BCUT2D eigenvalue weighted by atomic mass is 10.3. The molecule has 16 heavy (non-hydrogen) atoms. The first kappa shape index (κ1) is 10.2. The largest absolute Gasteiger partial charge is 0.383 e. The number of halogens is 1. The Bertz CT molecular complexity index is 532. The summed E-state index contributed by atoms with van der Waals surface area (Å²) >= 11 is 0. The van der Waals surface area contributed by atoms with E-state index in [9.17, 15) is 9.18 Å². The first-order chi connectivity index (χ1) is 7.63. The molecule has 0 unspecified atom stereocenters. The third kappa shape index (κ3) is 1.50. The molecule has 6 heteroatoms. The summed E-state index contributed by atoms with van der Waals surface area (Å²) in [5, 5.41) is 3.90. The molecule has 1 aromatic heterocycles. The normalized spacial score (nSPS) is 10.3. The van der Waals surface area contributed by atoms with Crippen molar-refractivity contribution in [1.82, 2.24) is 9.78 Å². The maximum atomic E-state index is 12.7. The molecule has 0 bridgehead atoms. The minimum Gasteiger partial charge on any atom is -0.383 e. The summed E-state index contributed by atoms with van der Waals surface area (Å²) in [7, 11) is 0. The number of aromatic nitrogens is 2. The van der Waals surface area contributed by atoms with Gasteiger partial charge in [-0.2, -0.15) is 0 Å². The van der Waals surface area contributed by atoms with Crippen LogP contribution in [0.5, 0.6) is 0 Å². The van der Waals surface area contributed by atoms with Crippen LogP contribution in [-0.2, 0) is 0 Å². The van der Waals surface area contributed by atoms with Crippen molar-refractivity contribution in [2.24, 2.45) is 0 Å². The molecule has 82 valence electrons. The number of anilines is 2. The molecule has 0 atom stereocenters. The summed E-state index contributed by atoms with van der Waals surface area (Å²) in [5.74, 6) is -0.172. The Morgan fingerprint density at radius 1 is 1.25 bits per heavy atom. The van der Waals surface area contributed by atoms with Gasteiger partial charge in [0, 0.05) is 0 Å². The van der Waals surface area contributed by atoms with Crippen LogP contribution < -0.4 is 11.5 Å². The van der Waals surface area contributed by atoms with E-state index in [2.05, 4.69) is 5.10 Å². The Kier molecular flexibility index (Phi) is 2.32. The molecule has 0 saturated heterocycles. The maximum Gasteiger partial charge on any atom is 0.158 e. The lowest BCUT2D eigenvalue weighted by Crippen LogP contribution is -2.02. The van der Waals surface area contributed by atoms with Gasteiger partial charge in [0.2, 0.25) is 0 Å². The Morgan fingerprint density at radius 3 is 2.38 bits per heavy atom. The number of carbonyl (C=O) groups excluding carboxylic acids is 1. The summed E-state index contributed by atoms with van der Waals surface area (Å²) < 4.78 is 14.0. The first-order valence-electron chi connectivity index (χ1n) is 4.48. The fourth-order valence-electron chi connectivity index (χ4n) is 1.36. The molecule has 0 aliphatic rings. The zero-order valence-electron chi connectivity index (χ0n) is 8.22. The van der Waals surface area contributed by atoms with Gasteiger partial charge in [-0.3, -0.25) is 4.79 Å². The molecule has 0 spiro atoms. The molecule has 0 saturated carbocycles. The smallest absolute Gasteiger partial charge is 0.158 e. The Hall–Kier alpha value is -2.37. The summed E-state index contributed by atoms with van der Waals surface area (Å²) in [5.41, 5.74) is 11.9. The van der Waals surface area contributed by atoms with Crippen molar-refractivity contribution in [1.29, 1.82) is 0 Å². The van der Waals surface area contributed by atoms with Crippen LogP contribution in [0.25, 0.3) is 5.69 Å². The van der Waals surface area contributed by atoms with Crippen molar-refractivity contribution in [2.45, 2.75) is 0 Å². The van der Waals surface area contributed by atoms with Crippen LogP contribution in [0.1, 0.15) is 10.4 Å². The summed E-state index contributed by atoms with van der Waals surface area (Å²) in [6.45, 7) is 0. The van der Waals surface area contributed by atoms with Gasteiger partial charge in [-0.05, 0) is 24.3 Å². The van der Waals surface area contributed by atoms with Crippen molar-refractivity contribution in [2.75, 3.05) is 11.5 Å². The molecule has 1 heterocycles. The van der Waals surface area contributed by atoms with E-state index in [0.717, 1.165) is 0 Å². The van der Waals surface area contributed by atoms with Gasteiger partial charge in [0.1, 0.15) is 17.2 Å².